The molecule has 112 valence electrons. The Bertz CT molecular complexity index is 422. The molecule has 1 rings (SSSR count). The van der Waals surface area contributed by atoms with Crippen LogP contribution in [0.4, 0.5) is 0 Å². The van der Waals surface area contributed by atoms with E-state index in [-0.39, 0.29) is 0 Å². The molecule has 1 aromatic rings. The van der Waals surface area contributed by atoms with Crippen LogP contribution < -0.4 is 19.5 Å². The molecule has 0 atom stereocenters. The smallest absolute Gasteiger partial charge is 0.203 e. The average Bonchev–Trinajstić information content (AvgIpc) is 2.45. The van der Waals surface area contributed by atoms with Crippen molar-refractivity contribution >= 4 is 11.6 Å². The Morgan fingerprint density at radius 2 is 1.80 bits per heavy atom. The normalized spacial score (nSPS) is 11.1. The highest BCUT2D eigenvalue weighted by Crippen LogP contribution is 2.38. The molecule has 0 spiro atoms. The first-order valence-electron chi connectivity index (χ1n) is 6.48. The van der Waals surface area contributed by atoms with Crippen LogP contribution in [0.5, 0.6) is 17.2 Å². The molecule has 1 aromatic carbocycles. The van der Waals surface area contributed by atoms with Crippen molar-refractivity contribution in [3.05, 3.63) is 29.3 Å². The second-order valence-corrected chi connectivity index (χ2v) is 4.79. The molecule has 0 saturated heterocycles. The predicted molar refractivity (Wildman–Crippen MR) is 82.0 cm³/mol. The fourth-order valence-corrected chi connectivity index (χ4v) is 1.74. The Balaban J connectivity index is 2.98. The Morgan fingerprint density at radius 3 is 2.25 bits per heavy atom. The second-order valence-electron chi connectivity index (χ2n) is 4.54. The van der Waals surface area contributed by atoms with E-state index in [2.05, 4.69) is 19.2 Å². The lowest BCUT2D eigenvalue weighted by Gasteiger charge is -2.16. The second kappa shape index (κ2) is 8.72. The number of nitrogens with one attached hydrogen (secondary N) is 1. The van der Waals surface area contributed by atoms with Crippen LogP contribution in [0.2, 0.25) is 0 Å². The SMILES string of the molecule is COc1cc(CNC(C)C)cc(OC)c1OC/C=C/Cl. The summed E-state index contributed by atoms with van der Waals surface area (Å²) in [5.74, 6) is 1.87. The lowest BCUT2D eigenvalue weighted by atomic mass is 10.1. The van der Waals surface area contributed by atoms with Gasteiger partial charge in [-0.25, -0.2) is 0 Å². The molecule has 0 saturated carbocycles. The van der Waals surface area contributed by atoms with Crippen molar-refractivity contribution < 1.29 is 14.2 Å². The molecule has 0 aliphatic heterocycles. The molecule has 0 radical (unpaired) electrons. The maximum absolute atomic E-state index is 5.63. The standard InChI is InChI=1S/C15H22ClNO3/c1-11(2)17-10-12-8-13(18-3)15(14(9-12)19-4)20-7-5-6-16/h5-6,8-9,11,17H,7,10H2,1-4H3/b6-5+. The molecule has 0 heterocycles. The molecule has 0 aliphatic rings. The van der Waals surface area contributed by atoms with Crippen LogP contribution in [0.1, 0.15) is 19.4 Å². The van der Waals surface area contributed by atoms with Gasteiger partial charge in [0.15, 0.2) is 11.5 Å². The van der Waals surface area contributed by atoms with Crippen molar-refractivity contribution in [1.82, 2.24) is 5.32 Å². The van der Waals surface area contributed by atoms with Crippen molar-refractivity contribution in [2.45, 2.75) is 26.4 Å². The minimum Gasteiger partial charge on any atom is -0.493 e. The highest BCUT2D eigenvalue weighted by molar-refractivity contribution is 6.25. The van der Waals surface area contributed by atoms with Gasteiger partial charge in [-0.2, -0.15) is 0 Å². The molecule has 0 aliphatic carbocycles. The van der Waals surface area contributed by atoms with E-state index in [0.717, 1.165) is 12.1 Å². The van der Waals surface area contributed by atoms with E-state index in [9.17, 15) is 0 Å². The fraction of sp³-hybridized carbons (Fsp3) is 0.467. The van der Waals surface area contributed by atoms with Crippen LogP contribution in [0.25, 0.3) is 0 Å². The van der Waals surface area contributed by atoms with Gasteiger partial charge >= 0.3 is 0 Å². The van der Waals surface area contributed by atoms with E-state index in [4.69, 9.17) is 25.8 Å². The molecule has 1 N–H and O–H groups in total. The largest absolute Gasteiger partial charge is 0.493 e. The molecule has 20 heavy (non-hydrogen) atoms. The van der Waals surface area contributed by atoms with Crippen LogP contribution in [0.15, 0.2) is 23.7 Å². The number of halogens is 1. The molecule has 0 unspecified atom stereocenters. The van der Waals surface area contributed by atoms with Gasteiger partial charge in [0.2, 0.25) is 5.75 Å². The molecular weight excluding hydrogens is 278 g/mol. The van der Waals surface area contributed by atoms with Crippen LogP contribution in [-0.4, -0.2) is 26.9 Å². The number of methoxy groups -OCH3 is 2. The van der Waals surface area contributed by atoms with E-state index in [1.165, 1.54) is 5.54 Å². The zero-order chi connectivity index (χ0) is 15.0. The average molecular weight is 300 g/mol. The maximum atomic E-state index is 5.63. The van der Waals surface area contributed by atoms with Gasteiger partial charge in [-0.05, 0) is 23.8 Å². The molecule has 0 fully saturated rings. The number of hydrogen-bond acceptors (Lipinski definition) is 4. The van der Waals surface area contributed by atoms with Gasteiger partial charge < -0.3 is 19.5 Å². The van der Waals surface area contributed by atoms with Gasteiger partial charge in [-0.1, -0.05) is 25.4 Å². The van der Waals surface area contributed by atoms with Crippen molar-refractivity contribution in [2.75, 3.05) is 20.8 Å². The summed E-state index contributed by atoms with van der Waals surface area (Å²) in [7, 11) is 3.22. The minimum atomic E-state index is 0.361. The summed E-state index contributed by atoms with van der Waals surface area (Å²) in [6, 6.07) is 4.30. The topological polar surface area (TPSA) is 39.7 Å². The van der Waals surface area contributed by atoms with Crippen molar-refractivity contribution in [3.63, 3.8) is 0 Å². The summed E-state index contributed by atoms with van der Waals surface area (Å²) in [5, 5.41) is 3.36. The zero-order valence-corrected chi connectivity index (χ0v) is 13.2. The summed E-state index contributed by atoms with van der Waals surface area (Å²) >= 11 is 5.48. The molecule has 4 nitrogen and oxygen atoms in total. The summed E-state index contributed by atoms with van der Waals surface area (Å²) in [6.45, 7) is 5.31. The van der Waals surface area contributed by atoms with E-state index in [1.807, 2.05) is 12.1 Å². The van der Waals surface area contributed by atoms with Crippen molar-refractivity contribution in [3.8, 4) is 17.2 Å². The third-order valence-electron chi connectivity index (χ3n) is 2.65. The predicted octanol–water partition coefficient (Wildman–Crippen LogP) is 3.33. The van der Waals surface area contributed by atoms with Gasteiger partial charge in [0.25, 0.3) is 0 Å². The monoisotopic (exact) mass is 299 g/mol. The number of ether oxygens (including phenoxy) is 3. The molecule has 0 bridgehead atoms. The van der Waals surface area contributed by atoms with Crippen LogP contribution in [0, 0.1) is 0 Å². The lowest BCUT2D eigenvalue weighted by molar-refractivity contribution is 0.300. The quantitative estimate of drug-likeness (QED) is 0.799. The third kappa shape index (κ3) is 4.94. The van der Waals surface area contributed by atoms with E-state index >= 15 is 0 Å². The minimum absolute atomic E-state index is 0.361. The molecule has 0 amide bonds. The van der Waals surface area contributed by atoms with Gasteiger partial charge in [0.05, 0.1) is 14.2 Å². The van der Waals surface area contributed by atoms with E-state index in [1.54, 1.807) is 20.3 Å². The summed E-state index contributed by atoms with van der Waals surface area (Å²) in [5.41, 5.74) is 2.49. The van der Waals surface area contributed by atoms with Crippen molar-refractivity contribution in [2.24, 2.45) is 0 Å². The third-order valence-corrected chi connectivity index (χ3v) is 2.83. The summed E-state index contributed by atoms with van der Waals surface area (Å²) in [4.78, 5) is 0. The van der Waals surface area contributed by atoms with Gasteiger partial charge in [-0.15, -0.1) is 0 Å². The van der Waals surface area contributed by atoms with Gasteiger partial charge in [0.1, 0.15) is 6.61 Å². The van der Waals surface area contributed by atoms with Crippen LogP contribution in [0.3, 0.4) is 0 Å². The molecule has 5 heteroatoms. The van der Waals surface area contributed by atoms with Crippen LogP contribution >= 0.6 is 11.6 Å². The van der Waals surface area contributed by atoms with E-state index < -0.39 is 0 Å². The Kier molecular flexibility index (Phi) is 7.26. The maximum Gasteiger partial charge on any atom is 0.203 e. The van der Waals surface area contributed by atoms with Crippen LogP contribution in [-0.2, 0) is 6.54 Å². The zero-order valence-electron chi connectivity index (χ0n) is 12.4. The van der Waals surface area contributed by atoms with Gasteiger partial charge in [-0.3, -0.25) is 0 Å². The molecule has 0 aromatic heterocycles. The summed E-state index contributed by atoms with van der Waals surface area (Å²) in [6.07, 6.45) is 1.70. The first-order valence-corrected chi connectivity index (χ1v) is 6.92. The van der Waals surface area contributed by atoms with Gasteiger partial charge in [0, 0.05) is 18.1 Å². The fourth-order valence-electron chi connectivity index (χ4n) is 1.67. The number of rotatable bonds is 8. The van der Waals surface area contributed by atoms with Crippen molar-refractivity contribution in [1.29, 1.82) is 0 Å². The Labute approximate surface area is 125 Å². The number of benzene rings is 1. The summed E-state index contributed by atoms with van der Waals surface area (Å²) < 4.78 is 16.4. The first kappa shape index (κ1) is 16.7. The Hall–Kier alpha value is -1.39. The highest BCUT2D eigenvalue weighted by atomic mass is 35.5. The molecular formula is C15H22ClNO3. The Morgan fingerprint density at radius 1 is 1.20 bits per heavy atom. The lowest BCUT2D eigenvalue weighted by Crippen LogP contribution is -2.21. The first-order chi connectivity index (χ1) is 9.62. The highest BCUT2D eigenvalue weighted by Gasteiger charge is 2.14. The van der Waals surface area contributed by atoms with E-state index in [0.29, 0.717) is 29.9 Å². The number of hydrogen-bond donors (Lipinski definition) is 1.